The number of aryl methyl sites for hydroxylation is 4. The van der Waals surface area contributed by atoms with Gasteiger partial charge in [0.1, 0.15) is 0 Å². The molecule has 1 aliphatic heterocycles. The van der Waals surface area contributed by atoms with E-state index >= 15 is 0 Å². The Balaban J connectivity index is 1.63. The van der Waals surface area contributed by atoms with Crippen LogP contribution < -0.4 is 10.2 Å². The number of urea groups is 1. The summed E-state index contributed by atoms with van der Waals surface area (Å²) < 4.78 is 5.85. The molecule has 1 N–H and O–H groups in total. The van der Waals surface area contributed by atoms with E-state index < -0.39 is 6.04 Å². The van der Waals surface area contributed by atoms with E-state index in [0.717, 1.165) is 46.5 Å². The van der Waals surface area contributed by atoms with E-state index in [2.05, 4.69) is 74.6 Å². The molecule has 2 heterocycles. The minimum absolute atomic E-state index is 0.191. The van der Waals surface area contributed by atoms with Gasteiger partial charge in [-0.05, 0) is 73.6 Å². The smallest absolute Gasteiger partial charge is 0.326 e. The number of hydrogen-bond donors (Lipinski definition) is 1. The van der Waals surface area contributed by atoms with Crippen molar-refractivity contribution in [1.82, 2.24) is 15.5 Å². The molecule has 1 atom stereocenters. The van der Waals surface area contributed by atoms with Gasteiger partial charge in [-0.15, -0.1) is 0 Å². The lowest BCUT2D eigenvalue weighted by Crippen LogP contribution is -2.46. The fourth-order valence-corrected chi connectivity index (χ4v) is 4.75. The first-order valence-electron chi connectivity index (χ1n) is 12.8. The monoisotopic (exact) mass is 492 g/mol. The predicted octanol–water partition coefficient (Wildman–Crippen LogP) is 7.18. The van der Waals surface area contributed by atoms with Gasteiger partial charge in [-0.1, -0.05) is 73.6 Å². The third kappa shape index (κ3) is 4.67. The molecule has 37 heavy (non-hydrogen) atoms. The Hall–Kier alpha value is -4.19. The quantitative estimate of drug-likeness (QED) is 0.309. The number of allylic oxidation sites excluding steroid dienone is 1. The summed E-state index contributed by atoms with van der Waals surface area (Å²) in [7, 11) is 0. The van der Waals surface area contributed by atoms with Crippen LogP contribution in [0.15, 0.2) is 77.0 Å². The van der Waals surface area contributed by atoms with Crippen LogP contribution in [0.25, 0.3) is 17.0 Å². The molecule has 5 rings (SSSR count). The Morgan fingerprint density at radius 2 is 1.51 bits per heavy atom. The number of anilines is 1. The van der Waals surface area contributed by atoms with E-state index in [9.17, 15) is 4.79 Å². The highest BCUT2D eigenvalue weighted by atomic mass is 16.5. The molecule has 0 fully saturated rings. The summed E-state index contributed by atoms with van der Waals surface area (Å²) in [5.41, 5.74) is 9.01. The molecule has 6 nitrogen and oxygen atoms in total. The van der Waals surface area contributed by atoms with Crippen LogP contribution in [0, 0.1) is 13.8 Å². The van der Waals surface area contributed by atoms with Crippen molar-refractivity contribution in [2.45, 2.75) is 53.5 Å². The predicted molar refractivity (Wildman–Crippen MR) is 147 cm³/mol. The summed E-state index contributed by atoms with van der Waals surface area (Å²) in [6.45, 7) is 10.3. The first-order chi connectivity index (χ1) is 17.9. The number of carbonyl (C=O) groups is 1. The zero-order valence-corrected chi connectivity index (χ0v) is 22.0. The summed E-state index contributed by atoms with van der Waals surface area (Å²) in [6, 6.07) is 21.9. The number of amides is 2. The second kappa shape index (κ2) is 10.1. The summed E-state index contributed by atoms with van der Waals surface area (Å²) in [6.07, 6.45) is 1.90. The Morgan fingerprint density at radius 1 is 0.865 bits per heavy atom. The molecular weight excluding hydrogens is 460 g/mol. The minimum atomic E-state index is -0.422. The fraction of sp³-hybridized carbons (Fsp3) is 0.258. The zero-order valence-electron chi connectivity index (χ0n) is 22.0. The van der Waals surface area contributed by atoms with Crippen molar-refractivity contribution < 1.29 is 9.32 Å². The van der Waals surface area contributed by atoms with Gasteiger partial charge in [-0.25, -0.2) is 4.79 Å². The summed E-state index contributed by atoms with van der Waals surface area (Å²) in [4.78, 5) is 20.0. The maximum Gasteiger partial charge on any atom is 0.326 e. The lowest BCUT2D eigenvalue weighted by molar-refractivity contribution is 0.244. The molecule has 0 spiro atoms. The maximum absolute atomic E-state index is 13.5. The second-order valence-electron chi connectivity index (χ2n) is 9.55. The molecule has 0 radical (unpaired) electrons. The highest BCUT2D eigenvalue weighted by Crippen LogP contribution is 2.39. The number of carbonyl (C=O) groups excluding carboxylic acids is 1. The topological polar surface area (TPSA) is 71.3 Å². The number of hydrogen-bond acceptors (Lipinski definition) is 4. The van der Waals surface area contributed by atoms with Gasteiger partial charge in [0.2, 0.25) is 5.82 Å². The minimum Gasteiger partial charge on any atom is -0.334 e. The van der Waals surface area contributed by atoms with Crippen molar-refractivity contribution in [3.63, 3.8) is 0 Å². The van der Waals surface area contributed by atoms with Gasteiger partial charge in [-0.3, -0.25) is 4.90 Å². The van der Waals surface area contributed by atoms with Gasteiger partial charge in [0.25, 0.3) is 5.89 Å². The molecular formula is C31H32N4O2. The van der Waals surface area contributed by atoms with Crippen molar-refractivity contribution in [1.29, 1.82) is 0 Å². The van der Waals surface area contributed by atoms with E-state index in [0.29, 0.717) is 11.7 Å². The van der Waals surface area contributed by atoms with Crippen LogP contribution >= 0.6 is 0 Å². The number of nitrogens with one attached hydrogen (secondary N) is 1. The molecule has 0 saturated carbocycles. The van der Waals surface area contributed by atoms with Gasteiger partial charge >= 0.3 is 6.03 Å². The number of benzene rings is 3. The van der Waals surface area contributed by atoms with Crippen LogP contribution in [0.2, 0.25) is 0 Å². The van der Waals surface area contributed by atoms with Crippen LogP contribution in [0.3, 0.4) is 0 Å². The molecule has 6 heteroatoms. The standard InChI is InChI=1S/C31H32N4O2/c1-6-22-9-14-24(15-10-22)29-33-30(37-34-29)27-21(5)35(26-16-11-23(7-2)12-17-26)31(36)32-28(27)25-13-8-19(3)20(4)18-25/h8-18,28H,6-7H2,1-5H3,(H,32,36). The van der Waals surface area contributed by atoms with Gasteiger partial charge < -0.3 is 9.84 Å². The van der Waals surface area contributed by atoms with Crippen LogP contribution in [0.4, 0.5) is 10.5 Å². The summed E-state index contributed by atoms with van der Waals surface area (Å²) in [5.74, 6) is 0.915. The van der Waals surface area contributed by atoms with E-state index in [1.165, 1.54) is 16.7 Å². The van der Waals surface area contributed by atoms with Crippen molar-refractivity contribution in [2.75, 3.05) is 4.90 Å². The summed E-state index contributed by atoms with van der Waals surface area (Å²) in [5, 5.41) is 7.50. The number of rotatable bonds is 6. The average molecular weight is 493 g/mol. The molecule has 1 aromatic heterocycles. The third-order valence-corrected chi connectivity index (χ3v) is 7.23. The SMILES string of the molecule is CCc1ccc(-c2noc(C3=C(C)N(c4ccc(CC)cc4)C(=O)NC3c3ccc(C)c(C)c3)n2)cc1. The number of aromatic nitrogens is 2. The number of nitrogens with zero attached hydrogens (tertiary/aromatic N) is 3. The maximum atomic E-state index is 13.5. The van der Waals surface area contributed by atoms with E-state index in [1.54, 1.807) is 4.90 Å². The largest absolute Gasteiger partial charge is 0.334 e. The van der Waals surface area contributed by atoms with Gasteiger partial charge in [-0.2, -0.15) is 4.98 Å². The molecule has 188 valence electrons. The molecule has 0 aliphatic carbocycles. The first-order valence-corrected chi connectivity index (χ1v) is 12.8. The van der Waals surface area contributed by atoms with Crippen molar-refractivity contribution in [3.8, 4) is 11.4 Å². The normalized spacial score (nSPS) is 15.8. The Morgan fingerprint density at radius 3 is 2.14 bits per heavy atom. The van der Waals surface area contributed by atoms with Crippen molar-refractivity contribution >= 4 is 17.3 Å². The third-order valence-electron chi connectivity index (χ3n) is 7.23. The molecule has 0 bridgehead atoms. The molecule has 1 aliphatic rings. The van der Waals surface area contributed by atoms with Crippen LogP contribution in [0.5, 0.6) is 0 Å². The molecule has 4 aromatic rings. The molecule has 3 aromatic carbocycles. The van der Waals surface area contributed by atoms with E-state index in [1.807, 2.05) is 37.3 Å². The Kier molecular flexibility index (Phi) is 6.66. The highest BCUT2D eigenvalue weighted by Gasteiger charge is 2.36. The van der Waals surface area contributed by atoms with Crippen molar-refractivity contribution in [2.24, 2.45) is 0 Å². The van der Waals surface area contributed by atoms with Gasteiger partial charge in [0.05, 0.1) is 17.3 Å². The molecule has 2 amide bonds. The molecule has 1 unspecified atom stereocenters. The van der Waals surface area contributed by atoms with E-state index in [-0.39, 0.29) is 6.03 Å². The van der Waals surface area contributed by atoms with Gasteiger partial charge in [0, 0.05) is 11.3 Å². The van der Waals surface area contributed by atoms with Crippen LogP contribution in [-0.4, -0.2) is 16.2 Å². The average Bonchev–Trinajstić information content (AvgIpc) is 3.40. The van der Waals surface area contributed by atoms with Crippen LogP contribution in [-0.2, 0) is 12.8 Å². The first kappa shape index (κ1) is 24.5. The lowest BCUT2D eigenvalue weighted by Gasteiger charge is -2.35. The fourth-order valence-electron chi connectivity index (χ4n) is 4.75. The Bertz CT molecular complexity index is 1470. The second-order valence-corrected chi connectivity index (χ2v) is 9.55. The summed E-state index contributed by atoms with van der Waals surface area (Å²) >= 11 is 0. The van der Waals surface area contributed by atoms with E-state index in [4.69, 9.17) is 9.51 Å². The molecule has 0 saturated heterocycles. The van der Waals surface area contributed by atoms with Gasteiger partial charge in [0.15, 0.2) is 0 Å². The van der Waals surface area contributed by atoms with Crippen LogP contribution in [0.1, 0.15) is 60.5 Å². The lowest BCUT2D eigenvalue weighted by atomic mass is 9.92. The Labute approximate surface area is 218 Å². The zero-order chi connectivity index (χ0) is 26.1. The van der Waals surface area contributed by atoms with Crippen molar-refractivity contribution in [3.05, 3.63) is 106 Å². The highest BCUT2D eigenvalue weighted by molar-refractivity contribution is 6.01.